The van der Waals surface area contributed by atoms with Crippen LogP contribution in [0.25, 0.3) is 11.3 Å². The Hall–Kier alpha value is -3.46. The van der Waals surface area contributed by atoms with Gasteiger partial charge in [0.05, 0.1) is 17.8 Å². The fourth-order valence-corrected chi connectivity index (χ4v) is 2.83. The number of oxazole rings is 1. The van der Waals surface area contributed by atoms with Crippen molar-refractivity contribution in [3.05, 3.63) is 41.9 Å². The van der Waals surface area contributed by atoms with Crippen molar-refractivity contribution in [3.8, 4) is 23.6 Å². The van der Waals surface area contributed by atoms with Gasteiger partial charge in [0.25, 0.3) is 12.3 Å². The summed E-state index contributed by atoms with van der Waals surface area (Å²) in [5.41, 5.74) is 1.02. The van der Waals surface area contributed by atoms with Gasteiger partial charge in [-0.15, -0.1) is 0 Å². The number of rotatable bonds is 4. The van der Waals surface area contributed by atoms with Crippen LogP contribution >= 0.6 is 0 Å². The normalized spacial score (nSPS) is 19.2. The van der Waals surface area contributed by atoms with Crippen LogP contribution in [-0.2, 0) is 0 Å². The minimum atomic E-state index is -2.67. The maximum atomic E-state index is 12.9. The molecule has 2 atom stereocenters. The van der Waals surface area contributed by atoms with Crippen LogP contribution < -0.4 is 5.32 Å². The van der Waals surface area contributed by atoms with Crippen molar-refractivity contribution >= 4 is 5.91 Å². The van der Waals surface area contributed by atoms with Crippen LogP contribution in [0.2, 0.25) is 0 Å². The number of nitriles is 2. The van der Waals surface area contributed by atoms with Gasteiger partial charge in [0.1, 0.15) is 6.04 Å². The fraction of sp³-hybridized carbons (Fsp3) is 0.294. The Kier molecular flexibility index (Phi) is 4.81. The summed E-state index contributed by atoms with van der Waals surface area (Å²) >= 11 is 0. The zero-order valence-electron chi connectivity index (χ0n) is 13.4. The summed E-state index contributed by atoms with van der Waals surface area (Å²) in [6, 6.07) is 6.81. The van der Waals surface area contributed by atoms with Crippen LogP contribution in [0, 0.1) is 22.8 Å². The molecule has 7 nitrogen and oxygen atoms in total. The van der Waals surface area contributed by atoms with E-state index in [0.29, 0.717) is 16.9 Å². The predicted molar refractivity (Wildman–Crippen MR) is 86.8 cm³/mol. The molecule has 26 heavy (non-hydrogen) atoms. The Labute approximate surface area is 148 Å². The molecule has 1 N–H and O–H groups in total. The van der Waals surface area contributed by atoms with Gasteiger partial charge in [0, 0.05) is 19.6 Å². The van der Waals surface area contributed by atoms with E-state index in [4.69, 9.17) is 14.9 Å². The minimum Gasteiger partial charge on any atom is -0.432 e. The number of halogens is 2. The van der Waals surface area contributed by atoms with E-state index in [1.807, 2.05) is 6.07 Å². The summed E-state index contributed by atoms with van der Waals surface area (Å²) in [5.74, 6) is -0.556. The molecular formula is C17H15F2N5O2. The van der Waals surface area contributed by atoms with Crippen LogP contribution in [0.15, 0.2) is 34.9 Å². The summed E-state index contributed by atoms with van der Waals surface area (Å²) in [6.07, 6.45) is 0.360. The maximum Gasteiger partial charge on any atom is 0.307 e. The molecule has 0 saturated carbocycles. The average molecular weight is 359 g/mol. The lowest BCUT2D eigenvalue weighted by molar-refractivity contribution is 0.0695. The molecule has 0 spiro atoms. The zero-order chi connectivity index (χ0) is 18.7. The Balaban J connectivity index is 0.00000261. The molecule has 1 aliphatic rings. The van der Waals surface area contributed by atoms with Gasteiger partial charge >= 0.3 is 5.91 Å². The van der Waals surface area contributed by atoms with Gasteiger partial charge in [-0.25, -0.2) is 13.8 Å². The first kappa shape index (κ1) is 17.4. The highest BCUT2D eigenvalue weighted by Crippen LogP contribution is 2.24. The lowest BCUT2D eigenvalue weighted by Gasteiger charge is -2.15. The molecule has 1 saturated heterocycles. The third-order valence-corrected chi connectivity index (χ3v) is 4.07. The number of carbonyl (C=O) groups excluding carboxylic acids is 1. The molecule has 9 heteroatoms. The molecule has 0 unspecified atom stereocenters. The summed E-state index contributed by atoms with van der Waals surface area (Å²) in [6.45, 7) is 0.00896. The summed E-state index contributed by atoms with van der Waals surface area (Å²) in [7, 11) is 0. The lowest BCUT2D eigenvalue weighted by atomic mass is 10.1. The lowest BCUT2D eigenvalue weighted by Crippen LogP contribution is -2.36. The summed E-state index contributed by atoms with van der Waals surface area (Å²) in [4.78, 5) is 17.1. The van der Waals surface area contributed by atoms with E-state index in [1.165, 1.54) is 6.20 Å². The molecule has 2 aromatic rings. The number of nitrogens with zero attached hydrogens (tertiary/aromatic N) is 4. The second-order valence-electron chi connectivity index (χ2n) is 5.78. The van der Waals surface area contributed by atoms with E-state index >= 15 is 0 Å². The van der Waals surface area contributed by atoms with Gasteiger partial charge in [-0.3, -0.25) is 9.69 Å². The number of hydrogen-bond donors (Lipinski definition) is 1. The smallest absolute Gasteiger partial charge is 0.307 e. The average Bonchev–Trinajstić information content (AvgIpc) is 3.29. The molecule has 1 fully saturated rings. The third-order valence-electron chi connectivity index (χ3n) is 4.07. The van der Waals surface area contributed by atoms with Crippen molar-refractivity contribution in [2.45, 2.75) is 24.9 Å². The monoisotopic (exact) mass is 359 g/mol. The van der Waals surface area contributed by atoms with Gasteiger partial charge in [0.2, 0.25) is 0 Å². The Morgan fingerprint density at radius 1 is 1.46 bits per heavy atom. The first-order chi connectivity index (χ1) is 12.5. The van der Waals surface area contributed by atoms with E-state index < -0.39 is 24.4 Å². The van der Waals surface area contributed by atoms with Crippen LogP contribution in [-0.4, -0.2) is 40.8 Å². The SMILES string of the molecule is N#Cc1cccc(-c2cnc(C(=O)N[C@@H]3C[C@@H](C(F)F)N(C#N)C3)o2)c1.[HH]. The molecule has 1 aromatic heterocycles. The molecule has 0 radical (unpaired) electrons. The van der Waals surface area contributed by atoms with Gasteiger partial charge in [-0.05, 0) is 18.6 Å². The molecule has 134 valence electrons. The van der Waals surface area contributed by atoms with Crippen molar-refractivity contribution in [3.63, 3.8) is 0 Å². The Bertz CT molecular complexity index is 905. The predicted octanol–water partition coefficient (Wildman–Crippen LogP) is 2.38. The van der Waals surface area contributed by atoms with Crippen LogP contribution in [0.4, 0.5) is 8.78 Å². The first-order valence-electron chi connectivity index (χ1n) is 7.73. The van der Waals surface area contributed by atoms with Crippen LogP contribution in [0.1, 0.15) is 24.1 Å². The Morgan fingerprint density at radius 2 is 2.27 bits per heavy atom. The topological polar surface area (TPSA) is 106 Å². The summed E-state index contributed by atoms with van der Waals surface area (Å²) < 4.78 is 31.2. The molecule has 1 aliphatic heterocycles. The van der Waals surface area contributed by atoms with E-state index in [9.17, 15) is 13.6 Å². The number of benzene rings is 1. The highest BCUT2D eigenvalue weighted by Gasteiger charge is 2.38. The zero-order valence-corrected chi connectivity index (χ0v) is 13.4. The van der Waals surface area contributed by atoms with Gasteiger partial charge in [-0.2, -0.15) is 10.5 Å². The minimum absolute atomic E-state index is 0. The van der Waals surface area contributed by atoms with Crippen LogP contribution in [0.5, 0.6) is 0 Å². The molecular weight excluding hydrogens is 344 g/mol. The van der Waals surface area contributed by atoms with Crippen molar-refractivity contribution in [1.29, 1.82) is 10.5 Å². The van der Waals surface area contributed by atoms with Crippen molar-refractivity contribution in [2.75, 3.05) is 6.54 Å². The number of aromatic nitrogens is 1. The highest BCUT2D eigenvalue weighted by atomic mass is 19.3. The fourth-order valence-electron chi connectivity index (χ4n) is 2.83. The maximum absolute atomic E-state index is 12.9. The Morgan fingerprint density at radius 3 is 2.92 bits per heavy atom. The van der Waals surface area contributed by atoms with E-state index in [2.05, 4.69) is 10.3 Å². The van der Waals surface area contributed by atoms with Crippen molar-refractivity contribution in [2.24, 2.45) is 0 Å². The van der Waals surface area contributed by atoms with Crippen molar-refractivity contribution < 1.29 is 19.4 Å². The van der Waals surface area contributed by atoms with Gasteiger partial charge < -0.3 is 9.73 Å². The standard InChI is InChI=1S/C17H13F2N5O2.H2/c18-15(19)13-5-12(8-24(13)9-21)23-16(25)17-22-7-14(26-17)11-3-1-2-10(4-11)6-20;/h1-4,7,12-13,15H,5,8H2,(H,23,25);1H/t12-,13+;/m1./s1. The van der Waals surface area contributed by atoms with Gasteiger partial charge in [0.15, 0.2) is 12.0 Å². The molecule has 3 rings (SSSR count). The summed E-state index contributed by atoms with van der Waals surface area (Å²) in [5, 5.41) is 20.4. The quantitative estimate of drug-likeness (QED) is 0.840. The number of alkyl halides is 2. The molecule has 2 heterocycles. The largest absolute Gasteiger partial charge is 0.432 e. The second kappa shape index (κ2) is 7.19. The third kappa shape index (κ3) is 3.47. The van der Waals surface area contributed by atoms with E-state index in [1.54, 1.807) is 30.5 Å². The molecule has 0 aliphatic carbocycles. The number of carbonyl (C=O) groups is 1. The van der Waals surface area contributed by atoms with Gasteiger partial charge in [-0.1, -0.05) is 12.1 Å². The molecule has 1 aromatic carbocycles. The molecule has 0 bridgehead atoms. The number of hydrogen-bond acceptors (Lipinski definition) is 6. The van der Waals surface area contributed by atoms with Crippen molar-refractivity contribution in [1.82, 2.24) is 15.2 Å². The van der Waals surface area contributed by atoms with E-state index in [-0.39, 0.29) is 20.3 Å². The second-order valence-corrected chi connectivity index (χ2v) is 5.78. The van der Waals surface area contributed by atoms with Crippen LogP contribution in [0.3, 0.4) is 0 Å². The molecule has 1 amide bonds. The number of amides is 1. The number of likely N-dealkylation sites (tertiary alicyclic amines) is 1. The van der Waals surface area contributed by atoms with E-state index in [0.717, 1.165) is 4.90 Å². The number of nitrogens with one attached hydrogen (secondary N) is 1. The highest BCUT2D eigenvalue weighted by molar-refractivity contribution is 5.90. The first-order valence-corrected chi connectivity index (χ1v) is 7.73.